The molecule has 1 N–H and O–H groups in total. The third-order valence-electron chi connectivity index (χ3n) is 2.23. The zero-order valence-electron chi connectivity index (χ0n) is 7.28. The molecule has 2 unspecified atom stereocenters. The molecule has 2 atom stereocenters. The van der Waals surface area contributed by atoms with Gasteiger partial charge in [0.2, 0.25) is 0 Å². The molecule has 1 rings (SSSR count). The fourth-order valence-corrected chi connectivity index (χ4v) is 2.33. The summed E-state index contributed by atoms with van der Waals surface area (Å²) in [6.07, 6.45) is 1.70. The van der Waals surface area contributed by atoms with E-state index in [1.165, 1.54) is 0 Å². The van der Waals surface area contributed by atoms with Crippen LogP contribution < -0.4 is 4.72 Å². The first kappa shape index (κ1) is 11.3. The number of nitriles is 1. The highest BCUT2D eigenvalue weighted by atomic mass is 32.2. The van der Waals surface area contributed by atoms with Crippen molar-refractivity contribution in [3.63, 3.8) is 0 Å². The summed E-state index contributed by atoms with van der Waals surface area (Å²) in [5, 5.41) is 8.60. The van der Waals surface area contributed by atoms with Crippen LogP contribution in [-0.4, -0.2) is 20.2 Å². The van der Waals surface area contributed by atoms with Crippen LogP contribution in [0.4, 0.5) is 8.78 Å². The predicted molar refractivity (Wildman–Crippen MR) is 44.8 cm³/mol. The van der Waals surface area contributed by atoms with Gasteiger partial charge in [-0.25, -0.2) is 13.1 Å². The minimum absolute atomic E-state index is 0.449. The second kappa shape index (κ2) is 4.19. The Hall–Kier alpha value is -0.740. The summed E-state index contributed by atoms with van der Waals surface area (Å²) in [6, 6.07) is 1.25. The van der Waals surface area contributed by atoms with Gasteiger partial charge in [0.25, 0.3) is 10.0 Å². The molecule has 7 heteroatoms. The standard InChI is InChI=1S/C7H10F2N2O2S/c8-7(9)14(12,13)11-6-3-1-2-5(6)4-10/h5-7,11H,1-3H2. The summed E-state index contributed by atoms with van der Waals surface area (Å²) in [6.45, 7) is 0. The maximum absolute atomic E-state index is 12.0. The molecular weight excluding hydrogens is 214 g/mol. The monoisotopic (exact) mass is 224 g/mol. The van der Waals surface area contributed by atoms with Crippen molar-refractivity contribution in [2.24, 2.45) is 5.92 Å². The minimum atomic E-state index is -4.56. The molecule has 1 fully saturated rings. The first-order valence-electron chi connectivity index (χ1n) is 4.16. The van der Waals surface area contributed by atoms with Crippen LogP contribution in [0.3, 0.4) is 0 Å². The predicted octanol–water partition coefficient (Wildman–Crippen LogP) is 0.821. The van der Waals surface area contributed by atoms with Crippen LogP contribution in [0.5, 0.6) is 0 Å². The van der Waals surface area contributed by atoms with Gasteiger partial charge in [-0.15, -0.1) is 0 Å². The Morgan fingerprint density at radius 2 is 2.07 bits per heavy atom. The third-order valence-corrected chi connectivity index (χ3v) is 3.33. The molecule has 1 aliphatic rings. The van der Waals surface area contributed by atoms with Gasteiger partial charge < -0.3 is 0 Å². The van der Waals surface area contributed by atoms with Gasteiger partial charge in [0.1, 0.15) is 0 Å². The molecule has 0 aromatic carbocycles. The molecule has 1 aliphatic carbocycles. The Balaban J connectivity index is 2.66. The van der Waals surface area contributed by atoms with Gasteiger partial charge in [-0.1, -0.05) is 6.42 Å². The molecular formula is C7H10F2N2O2S. The van der Waals surface area contributed by atoms with Crippen molar-refractivity contribution < 1.29 is 17.2 Å². The number of alkyl halides is 2. The molecule has 0 radical (unpaired) electrons. The highest BCUT2D eigenvalue weighted by Crippen LogP contribution is 2.25. The fraction of sp³-hybridized carbons (Fsp3) is 0.857. The number of hydrogen-bond donors (Lipinski definition) is 1. The summed E-state index contributed by atoms with van der Waals surface area (Å²) in [5.74, 6) is -3.91. The van der Waals surface area contributed by atoms with Crippen LogP contribution in [0.15, 0.2) is 0 Å². The maximum Gasteiger partial charge on any atom is 0.350 e. The summed E-state index contributed by atoms with van der Waals surface area (Å²) in [4.78, 5) is 0. The molecule has 4 nitrogen and oxygen atoms in total. The number of rotatable bonds is 3. The van der Waals surface area contributed by atoms with E-state index >= 15 is 0 Å². The maximum atomic E-state index is 12.0. The second-order valence-corrected chi connectivity index (χ2v) is 4.88. The average Bonchev–Trinajstić information content (AvgIpc) is 2.50. The van der Waals surface area contributed by atoms with E-state index in [0.717, 1.165) is 0 Å². The van der Waals surface area contributed by atoms with Gasteiger partial charge >= 0.3 is 5.76 Å². The van der Waals surface area contributed by atoms with Crippen LogP contribution >= 0.6 is 0 Å². The quantitative estimate of drug-likeness (QED) is 0.771. The lowest BCUT2D eigenvalue weighted by atomic mass is 10.1. The van der Waals surface area contributed by atoms with E-state index in [1.807, 2.05) is 10.8 Å². The van der Waals surface area contributed by atoms with Crippen LogP contribution in [0.2, 0.25) is 0 Å². The average molecular weight is 224 g/mol. The molecule has 80 valence electrons. The second-order valence-electron chi connectivity index (χ2n) is 3.20. The van der Waals surface area contributed by atoms with Crippen molar-refractivity contribution in [2.75, 3.05) is 0 Å². The zero-order valence-corrected chi connectivity index (χ0v) is 8.10. The fourth-order valence-electron chi connectivity index (χ4n) is 1.52. The van der Waals surface area contributed by atoms with E-state index in [1.54, 1.807) is 0 Å². The first-order valence-corrected chi connectivity index (χ1v) is 5.71. The summed E-state index contributed by atoms with van der Waals surface area (Å²) >= 11 is 0. The van der Waals surface area contributed by atoms with Crippen molar-refractivity contribution in [1.29, 1.82) is 5.26 Å². The highest BCUT2D eigenvalue weighted by Gasteiger charge is 2.34. The van der Waals surface area contributed by atoms with Gasteiger partial charge in [-0.05, 0) is 12.8 Å². The Morgan fingerprint density at radius 3 is 2.57 bits per heavy atom. The first-order chi connectivity index (χ1) is 6.47. The van der Waals surface area contributed by atoms with Crippen molar-refractivity contribution in [1.82, 2.24) is 4.72 Å². The highest BCUT2D eigenvalue weighted by molar-refractivity contribution is 7.89. The van der Waals surface area contributed by atoms with Crippen LogP contribution in [0, 0.1) is 17.2 Å². The van der Waals surface area contributed by atoms with E-state index < -0.39 is 27.7 Å². The van der Waals surface area contributed by atoms with E-state index in [-0.39, 0.29) is 0 Å². The Morgan fingerprint density at radius 1 is 1.43 bits per heavy atom. The summed E-state index contributed by atoms with van der Waals surface area (Å²) < 4.78 is 47.3. The van der Waals surface area contributed by atoms with E-state index in [9.17, 15) is 17.2 Å². The largest absolute Gasteiger partial charge is 0.350 e. The number of hydrogen-bond acceptors (Lipinski definition) is 3. The lowest BCUT2D eigenvalue weighted by Crippen LogP contribution is -2.39. The van der Waals surface area contributed by atoms with E-state index in [0.29, 0.717) is 19.3 Å². The number of sulfonamides is 1. The Kier molecular flexibility index (Phi) is 3.39. The third kappa shape index (κ3) is 2.39. The molecule has 0 amide bonds. The summed E-state index contributed by atoms with van der Waals surface area (Å²) in [7, 11) is -4.56. The topological polar surface area (TPSA) is 70.0 Å². The van der Waals surface area contributed by atoms with Gasteiger partial charge in [-0.3, -0.25) is 0 Å². The number of nitrogens with one attached hydrogen (secondary N) is 1. The van der Waals surface area contributed by atoms with Crippen LogP contribution in [0.1, 0.15) is 19.3 Å². The van der Waals surface area contributed by atoms with Crippen LogP contribution in [-0.2, 0) is 10.0 Å². The molecule has 0 saturated heterocycles. The Bertz CT molecular complexity index is 336. The minimum Gasteiger partial charge on any atom is -0.206 e. The van der Waals surface area contributed by atoms with Crippen molar-refractivity contribution >= 4 is 10.0 Å². The number of halogens is 2. The Labute approximate surface area is 81.0 Å². The van der Waals surface area contributed by atoms with Crippen molar-refractivity contribution in [2.45, 2.75) is 31.1 Å². The van der Waals surface area contributed by atoms with Crippen LogP contribution in [0.25, 0.3) is 0 Å². The molecule has 0 spiro atoms. The zero-order chi connectivity index (χ0) is 10.8. The SMILES string of the molecule is N#CC1CCCC1NS(=O)(=O)C(F)F. The lowest BCUT2D eigenvalue weighted by molar-refractivity contribution is 0.231. The van der Waals surface area contributed by atoms with E-state index in [4.69, 9.17) is 5.26 Å². The molecule has 0 heterocycles. The van der Waals surface area contributed by atoms with Gasteiger partial charge in [0, 0.05) is 6.04 Å². The van der Waals surface area contributed by atoms with Gasteiger partial charge in [0.05, 0.1) is 12.0 Å². The van der Waals surface area contributed by atoms with E-state index in [2.05, 4.69) is 0 Å². The smallest absolute Gasteiger partial charge is 0.206 e. The normalized spacial score (nSPS) is 27.9. The molecule has 0 aromatic rings. The molecule has 0 aromatic heterocycles. The molecule has 14 heavy (non-hydrogen) atoms. The number of nitrogens with zero attached hydrogens (tertiary/aromatic N) is 1. The van der Waals surface area contributed by atoms with Crippen molar-refractivity contribution in [3.05, 3.63) is 0 Å². The summed E-state index contributed by atoms with van der Waals surface area (Å²) in [5.41, 5.74) is 0. The molecule has 0 aliphatic heterocycles. The van der Waals surface area contributed by atoms with Gasteiger partial charge in [0.15, 0.2) is 0 Å². The van der Waals surface area contributed by atoms with Gasteiger partial charge in [-0.2, -0.15) is 14.0 Å². The molecule has 1 saturated carbocycles. The van der Waals surface area contributed by atoms with Crippen molar-refractivity contribution in [3.8, 4) is 6.07 Å². The lowest BCUT2D eigenvalue weighted by Gasteiger charge is -2.14. The molecule has 0 bridgehead atoms.